The second-order valence-electron chi connectivity index (χ2n) is 8.54. The van der Waals surface area contributed by atoms with E-state index in [-0.39, 0.29) is 43.2 Å². The fourth-order valence-electron chi connectivity index (χ4n) is 4.19. The van der Waals surface area contributed by atoms with Crippen LogP contribution in [0.1, 0.15) is 35.3 Å². The molecular formula is C24H22Cl2N4O5. The van der Waals surface area contributed by atoms with Crippen LogP contribution in [0.2, 0.25) is 10.0 Å². The third kappa shape index (κ3) is 5.27. The first-order chi connectivity index (χ1) is 16.9. The van der Waals surface area contributed by atoms with E-state index in [2.05, 4.69) is 15.6 Å². The molecule has 2 aliphatic rings. The predicted molar refractivity (Wildman–Crippen MR) is 128 cm³/mol. The largest absolute Gasteiger partial charge is 0.479 e. The Labute approximate surface area is 210 Å². The van der Waals surface area contributed by atoms with E-state index in [0.717, 1.165) is 0 Å². The molecule has 11 heteroatoms. The highest BCUT2D eigenvalue weighted by molar-refractivity contribution is 6.31. The van der Waals surface area contributed by atoms with E-state index >= 15 is 0 Å². The van der Waals surface area contributed by atoms with Gasteiger partial charge in [-0.25, -0.2) is 4.98 Å². The summed E-state index contributed by atoms with van der Waals surface area (Å²) in [5.74, 6) is -0.473. The summed E-state index contributed by atoms with van der Waals surface area (Å²) in [6.07, 6.45) is 3.04. The SMILES string of the molecule is O=C1CC(C(=O)NC2CCC(C(=O)NCc3cn4ccc(Cl)cc4n3)OC2)Oc2ccc(Cl)cc21. The maximum absolute atomic E-state index is 12.7. The predicted octanol–water partition coefficient (Wildman–Crippen LogP) is 2.96. The molecule has 2 aliphatic heterocycles. The van der Waals surface area contributed by atoms with Crippen LogP contribution in [-0.2, 0) is 20.9 Å². The van der Waals surface area contributed by atoms with Crippen molar-refractivity contribution in [2.24, 2.45) is 0 Å². The molecule has 1 saturated heterocycles. The van der Waals surface area contributed by atoms with Crippen LogP contribution in [0, 0.1) is 0 Å². The summed E-state index contributed by atoms with van der Waals surface area (Å²) in [4.78, 5) is 42.1. The van der Waals surface area contributed by atoms with Gasteiger partial charge in [0.2, 0.25) is 5.91 Å². The second-order valence-corrected chi connectivity index (χ2v) is 9.41. The van der Waals surface area contributed by atoms with Crippen molar-refractivity contribution in [2.45, 2.75) is 44.1 Å². The van der Waals surface area contributed by atoms with Crippen molar-refractivity contribution in [1.82, 2.24) is 20.0 Å². The summed E-state index contributed by atoms with van der Waals surface area (Å²) in [5.41, 5.74) is 1.78. The van der Waals surface area contributed by atoms with Crippen LogP contribution in [0.5, 0.6) is 5.75 Å². The van der Waals surface area contributed by atoms with Crippen LogP contribution in [0.4, 0.5) is 0 Å². The normalized spacial score (nSPS) is 21.8. The zero-order chi connectivity index (χ0) is 24.5. The summed E-state index contributed by atoms with van der Waals surface area (Å²) in [5, 5.41) is 6.73. The highest BCUT2D eigenvalue weighted by atomic mass is 35.5. The van der Waals surface area contributed by atoms with Gasteiger partial charge in [-0.2, -0.15) is 0 Å². The second kappa shape index (κ2) is 9.85. The number of benzene rings is 1. The maximum Gasteiger partial charge on any atom is 0.261 e. The quantitative estimate of drug-likeness (QED) is 0.539. The van der Waals surface area contributed by atoms with Crippen molar-refractivity contribution in [2.75, 3.05) is 6.61 Å². The van der Waals surface area contributed by atoms with E-state index in [1.54, 1.807) is 30.5 Å². The zero-order valence-corrected chi connectivity index (χ0v) is 20.0. The number of nitrogens with zero attached hydrogens (tertiary/aromatic N) is 2. The number of aromatic nitrogens is 2. The van der Waals surface area contributed by atoms with Gasteiger partial charge in [0.25, 0.3) is 5.91 Å². The number of carbonyl (C=O) groups excluding carboxylic acids is 3. The molecule has 0 radical (unpaired) electrons. The number of carbonyl (C=O) groups is 3. The van der Waals surface area contributed by atoms with Crippen molar-refractivity contribution in [1.29, 1.82) is 0 Å². The van der Waals surface area contributed by atoms with Crippen LogP contribution in [0.15, 0.2) is 42.7 Å². The van der Waals surface area contributed by atoms with Crippen molar-refractivity contribution < 1.29 is 23.9 Å². The molecule has 3 aromatic rings. The first kappa shape index (κ1) is 23.6. The number of amides is 2. The molecule has 2 amide bonds. The molecule has 35 heavy (non-hydrogen) atoms. The molecule has 182 valence electrons. The summed E-state index contributed by atoms with van der Waals surface area (Å²) in [6.45, 7) is 0.446. The molecule has 2 aromatic heterocycles. The monoisotopic (exact) mass is 516 g/mol. The van der Waals surface area contributed by atoms with Crippen LogP contribution in [-0.4, -0.2) is 51.8 Å². The molecule has 4 heterocycles. The van der Waals surface area contributed by atoms with Gasteiger partial charge in [0.1, 0.15) is 17.5 Å². The van der Waals surface area contributed by atoms with Gasteiger partial charge in [-0.1, -0.05) is 23.2 Å². The number of nitrogens with one attached hydrogen (secondary N) is 2. The molecule has 5 rings (SSSR count). The van der Waals surface area contributed by atoms with E-state index in [4.69, 9.17) is 32.7 Å². The number of ketones is 1. The average molecular weight is 517 g/mol. The zero-order valence-electron chi connectivity index (χ0n) is 18.5. The lowest BCUT2D eigenvalue weighted by Crippen LogP contribution is -2.51. The Balaban J connectivity index is 1.09. The third-order valence-corrected chi connectivity index (χ3v) is 6.48. The Morgan fingerprint density at radius 3 is 2.71 bits per heavy atom. The Hall–Kier alpha value is -3.14. The summed E-state index contributed by atoms with van der Waals surface area (Å²) in [6, 6.07) is 7.96. The molecule has 3 atom stereocenters. The molecule has 0 saturated carbocycles. The van der Waals surface area contributed by atoms with Crippen LogP contribution < -0.4 is 15.4 Å². The highest BCUT2D eigenvalue weighted by Crippen LogP contribution is 2.30. The van der Waals surface area contributed by atoms with Crippen molar-refractivity contribution in [3.8, 4) is 5.75 Å². The molecule has 3 unspecified atom stereocenters. The number of halogens is 2. The number of hydrogen-bond acceptors (Lipinski definition) is 6. The van der Waals surface area contributed by atoms with Crippen LogP contribution >= 0.6 is 23.2 Å². The number of fused-ring (bicyclic) bond motifs is 2. The van der Waals surface area contributed by atoms with E-state index in [1.165, 1.54) is 6.07 Å². The minimum atomic E-state index is -0.919. The van der Waals surface area contributed by atoms with Gasteiger partial charge in [-0.05, 0) is 43.2 Å². The minimum absolute atomic E-state index is 0.0625. The van der Waals surface area contributed by atoms with E-state index in [0.29, 0.717) is 45.5 Å². The van der Waals surface area contributed by atoms with E-state index in [1.807, 2.05) is 10.6 Å². The Bertz CT molecular complexity index is 1300. The highest BCUT2D eigenvalue weighted by Gasteiger charge is 2.34. The molecule has 0 spiro atoms. The first-order valence-electron chi connectivity index (χ1n) is 11.2. The number of pyridine rings is 1. The van der Waals surface area contributed by atoms with Crippen molar-refractivity contribution in [3.63, 3.8) is 0 Å². The lowest BCUT2D eigenvalue weighted by Gasteiger charge is -2.31. The Morgan fingerprint density at radius 1 is 1.09 bits per heavy atom. The molecule has 1 aromatic carbocycles. The van der Waals surface area contributed by atoms with Gasteiger partial charge in [-0.15, -0.1) is 0 Å². The van der Waals surface area contributed by atoms with Gasteiger partial charge < -0.3 is 24.5 Å². The first-order valence-corrected chi connectivity index (χ1v) is 11.9. The number of rotatable bonds is 5. The van der Waals surface area contributed by atoms with Gasteiger partial charge in [-0.3, -0.25) is 14.4 Å². The number of hydrogen-bond donors (Lipinski definition) is 2. The van der Waals surface area contributed by atoms with Crippen molar-refractivity contribution >= 4 is 46.4 Å². The fourth-order valence-corrected chi connectivity index (χ4v) is 4.52. The topological polar surface area (TPSA) is 111 Å². The van der Waals surface area contributed by atoms with Crippen LogP contribution in [0.3, 0.4) is 0 Å². The van der Waals surface area contributed by atoms with E-state index in [9.17, 15) is 14.4 Å². The van der Waals surface area contributed by atoms with E-state index < -0.39 is 12.2 Å². The third-order valence-electron chi connectivity index (χ3n) is 6.01. The average Bonchev–Trinajstić information content (AvgIpc) is 3.25. The Kier molecular flexibility index (Phi) is 6.64. The number of imidazole rings is 1. The van der Waals surface area contributed by atoms with Gasteiger partial charge in [0, 0.05) is 22.4 Å². The summed E-state index contributed by atoms with van der Waals surface area (Å²) in [7, 11) is 0. The molecule has 0 aliphatic carbocycles. The fraction of sp³-hybridized carbons (Fsp3) is 0.333. The molecule has 1 fully saturated rings. The number of ether oxygens (including phenoxy) is 2. The number of Topliss-reactive ketones (excluding diaryl/α,β-unsaturated/α-hetero) is 1. The molecule has 2 N–H and O–H groups in total. The summed E-state index contributed by atoms with van der Waals surface area (Å²) < 4.78 is 13.2. The van der Waals surface area contributed by atoms with Gasteiger partial charge >= 0.3 is 0 Å². The lowest BCUT2D eigenvalue weighted by atomic mass is 9.99. The van der Waals surface area contributed by atoms with Gasteiger partial charge in [0.15, 0.2) is 11.9 Å². The minimum Gasteiger partial charge on any atom is -0.479 e. The summed E-state index contributed by atoms with van der Waals surface area (Å²) >= 11 is 11.9. The molecule has 9 nitrogen and oxygen atoms in total. The molecular weight excluding hydrogens is 495 g/mol. The maximum atomic E-state index is 12.7. The Morgan fingerprint density at radius 2 is 1.91 bits per heavy atom. The standard InChI is InChI=1S/C24H22Cl2N4O5/c25-13-1-3-19-17(7-13)18(31)9-21(35-19)24(33)29-15-2-4-20(34-12-15)23(32)27-10-16-11-30-6-5-14(26)8-22(30)28-16/h1,3,5-8,11,15,20-21H,2,4,9-10,12H2,(H,27,32)(H,29,33). The lowest BCUT2D eigenvalue weighted by molar-refractivity contribution is -0.138. The van der Waals surface area contributed by atoms with Crippen molar-refractivity contribution in [3.05, 3.63) is 64.0 Å². The molecule has 0 bridgehead atoms. The smallest absolute Gasteiger partial charge is 0.261 e. The van der Waals surface area contributed by atoms with Gasteiger partial charge in [0.05, 0.1) is 36.9 Å². The van der Waals surface area contributed by atoms with Crippen LogP contribution in [0.25, 0.3) is 5.65 Å².